The zero-order chi connectivity index (χ0) is 10.8. The normalized spacial score (nSPS) is 12.0. The van der Waals surface area contributed by atoms with Gasteiger partial charge in [-0.2, -0.15) is 9.61 Å². The molecule has 0 aliphatic heterocycles. The maximum Gasteiger partial charge on any atom is 0.177 e. The molecule has 0 atom stereocenters. The zero-order valence-electron chi connectivity index (χ0n) is 9.05. The second kappa shape index (κ2) is 3.76. The molecule has 2 rings (SSSR count). The van der Waals surface area contributed by atoms with Crippen LogP contribution in [0.2, 0.25) is 0 Å². The molecule has 0 spiro atoms. The van der Waals surface area contributed by atoms with Crippen molar-refractivity contribution in [2.24, 2.45) is 4.99 Å². The van der Waals surface area contributed by atoms with Crippen molar-refractivity contribution in [3.8, 4) is 0 Å². The molecule has 0 fully saturated rings. The molecule has 0 saturated heterocycles. The fourth-order valence-electron chi connectivity index (χ4n) is 1.38. The van der Waals surface area contributed by atoms with Gasteiger partial charge in [0.15, 0.2) is 11.5 Å². The Labute approximate surface area is 87.9 Å². The van der Waals surface area contributed by atoms with E-state index in [2.05, 4.69) is 34.1 Å². The van der Waals surface area contributed by atoms with Crippen molar-refractivity contribution < 1.29 is 0 Å². The summed E-state index contributed by atoms with van der Waals surface area (Å²) in [6, 6.07) is 3.77. The summed E-state index contributed by atoms with van der Waals surface area (Å²) in [5, 5.41) is 12.5. The molecule has 0 bridgehead atoms. The van der Waals surface area contributed by atoms with Gasteiger partial charge < -0.3 is 0 Å². The first-order chi connectivity index (χ1) is 7.22. The monoisotopic (exact) mass is 203 g/mol. The molecular formula is C10H13N5. The Morgan fingerprint density at radius 2 is 2.13 bits per heavy atom. The van der Waals surface area contributed by atoms with E-state index in [4.69, 9.17) is 0 Å². The molecule has 5 heteroatoms. The summed E-state index contributed by atoms with van der Waals surface area (Å²) in [5.41, 5.74) is 1.58. The molecule has 0 N–H and O–H groups in total. The smallest absolute Gasteiger partial charge is 0.177 e. The summed E-state index contributed by atoms with van der Waals surface area (Å²) in [7, 11) is 1.72. The predicted octanol–water partition coefficient (Wildman–Crippen LogP) is 1.30. The fourth-order valence-corrected chi connectivity index (χ4v) is 1.38. The van der Waals surface area contributed by atoms with Gasteiger partial charge in [0.1, 0.15) is 5.69 Å². The largest absolute Gasteiger partial charge is 0.294 e. The number of hydrogen-bond acceptors (Lipinski definition) is 4. The van der Waals surface area contributed by atoms with E-state index >= 15 is 0 Å². The van der Waals surface area contributed by atoms with Gasteiger partial charge in [0.05, 0.1) is 0 Å². The summed E-state index contributed by atoms with van der Waals surface area (Å²) < 4.78 is 1.77. The fraction of sp³-hybridized carbons (Fsp3) is 0.400. The maximum absolute atomic E-state index is 4.39. The van der Waals surface area contributed by atoms with E-state index in [1.807, 2.05) is 12.1 Å². The molecule has 0 radical (unpaired) electrons. The molecule has 0 aliphatic rings. The minimum Gasteiger partial charge on any atom is -0.294 e. The third-order valence-electron chi connectivity index (χ3n) is 2.09. The molecule has 2 aromatic rings. The molecule has 78 valence electrons. The Hall–Kier alpha value is -1.78. The maximum atomic E-state index is 4.39. The van der Waals surface area contributed by atoms with E-state index in [-0.39, 0.29) is 0 Å². The van der Waals surface area contributed by atoms with Gasteiger partial charge in [0.2, 0.25) is 0 Å². The summed E-state index contributed by atoms with van der Waals surface area (Å²) in [6.07, 6.45) is 1.71. The Morgan fingerprint density at radius 1 is 1.33 bits per heavy atom. The summed E-state index contributed by atoms with van der Waals surface area (Å²) in [6.45, 7) is 4.14. The first-order valence-corrected chi connectivity index (χ1v) is 4.87. The average molecular weight is 203 g/mol. The van der Waals surface area contributed by atoms with Crippen molar-refractivity contribution in [1.82, 2.24) is 19.8 Å². The molecule has 15 heavy (non-hydrogen) atoms. The van der Waals surface area contributed by atoms with Crippen LogP contribution in [0.4, 0.5) is 0 Å². The molecule has 2 aromatic heterocycles. The van der Waals surface area contributed by atoms with Crippen LogP contribution in [-0.4, -0.2) is 33.1 Å². The van der Waals surface area contributed by atoms with Crippen molar-refractivity contribution in [2.45, 2.75) is 19.8 Å². The van der Waals surface area contributed by atoms with Crippen molar-refractivity contribution in [3.05, 3.63) is 23.7 Å². The van der Waals surface area contributed by atoms with Crippen molar-refractivity contribution >= 4 is 11.9 Å². The highest BCUT2D eigenvalue weighted by Gasteiger charge is 2.09. The van der Waals surface area contributed by atoms with E-state index in [0.717, 1.165) is 17.2 Å². The van der Waals surface area contributed by atoms with E-state index < -0.39 is 0 Å². The van der Waals surface area contributed by atoms with Crippen molar-refractivity contribution in [3.63, 3.8) is 0 Å². The van der Waals surface area contributed by atoms with Crippen LogP contribution in [0.1, 0.15) is 31.3 Å². The van der Waals surface area contributed by atoms with Crippen LogP contribution in [0.5, 0.6) is 0 Å². The molecular weight excluding hydrogens is 190 g/mol. The van der Waals surface area contributed by atoms with E-state index in [9.17, 15) is 0 Å². The number of rotatable bonds is 2. The van der Waals surface area contributed by atoms with Crippen LogP contribution in [0.25, 0.3) is 5.65 Å². The van der Waals surface area contributed by atoms with Gasteiger partial charge in [-0.3, -0.25) is 4.99 Å². The quantitative estimate of drug-likeness (QED) is 0.691. The van der Waals surface area contributed by atoms with E-state index in [1.54, 1.807) is 17.8 Å². The van der Waals surface area contributed by atoms with Gasteiger partial charge in [-0.25, -0.2) is 0 Å². The van der Waals surface area contributed by atoms with E-state index in [1.165, 1.54) is 0 Å². The molecule has 0 aromatic carbocycles. The Kier molecular flexibility index (Phi) is 2.45. The highest BCUT2D eigenvalue weighted by atomic mass is 15.4. The lowest BCUT2D eigenvalue weighted by atomic mass is 10.2. The second-order valence-electron chi connectivity index (χ2n) is 3.63. The minimum absolute atomic E-state index is 0.307. The van der Waals surface area contributed by atoms with Crippen LogP contribution in [0.3, 0.4) is 0 Å². The van der Waals surface area contributed by atoms with Crippen molar-refractivity contribution in [2.75, 3.05) is 7.05 Å². The molecule has 2 heterocycles. The van der Waals surface area contributed by atoms with Crippen LogP contribution in [0.15, 0.2) is 17.1 Å². The molecule has 0 aliphatic carbocycles. The third-order valence-corrected chi connectivity index (χ3v) is 2.09. The first kappa shape index (κ1) is 9.76. The van der Waals surface area contributed by atoms with Gasteiger partial charge in [-0.05, 0) is 12.1 Å². The van der Waals surface area contributed by atoms with Gasteiger partial charge in [0.25, 0.3) is 0 Å². The Balaban J connectivity index is 2.61. The van der Waals surface area contributed by atoms with Gasteiger partial charge in [-0.1, -0.05) is 13.8 Å². The minimum atomic E-state index is 0.307. The number of nitrogens with zero attached hydrogens (tertiary/aromatic N) is 5. The molecule has 5 nitrogen and oxygen atoms in total. The standard InChI is InChI=1S/C10H13N5/c1-7(2)10-13-12-9-5-4-8(6-11-3)14-15(9)10/h4-7H,1-3H3/b11-6-. The number of hydrogen-bond donors (Lipinski definition) is 0. The summed E-state index contributed by atoms with van der Waals surface area (Å²) >= 11 is 0. The summed E-state index contributed by atoms with van der Waals surface area (Å²) in [4.78, 5) is 3.93. The highest BCUT2D eigenvalue weighted by Crippen LogP contribution is 2.11. The topological polar surface area (TPSA) is 55.4 Å². The third kappa shape index (κ3) is 1.72. The van der Waals surface area contributed by atoms with Gasteiger partial charge in [-0.15, -0.1) is 10.2 Å². The highest BCUT2D eigenvalue weighted by molar-refractivity contribution is 5.76. The van der Waals surface area contributed by atoms with Crippen LogP contribution >= 0.6 is 0 Å². The first-order valence-electron chi connectivity index (χ1n) is 4.87. The lowest BCUT2D eigenvalue weighted by Gasteiger charge is -2.01. The SMILES string of the molecule is C/N=C\c1ccc2nnc(C(C)C)n2n1. The van der Waals surface area contributed by atoms with Gasteiger partial charge >= 0.3 is 0 Å². The molecule has 0 amide bonds. The van der Waals surface area contributed by atoms with E-state index in [0.29, 0.717) is 5.92 Å². The number of fused-ring (bicyclic) bond motifs is 1. The average Bonchev–Trinajstić information content (AvgIpc) is 2.61. The Bertz CT molecular complexity index is 497. The molecule has 0 unspecified atom stereocenters. The zero-order valence-corrected chi connectivity index (χ0v) is 9.05. The van der Waals surface area contributed by atoms with Crippen molar-refractivity contribution in [1.29, 1.82) is 0 Å². The van der Waals surface area contributed by atoms with Crippen LogP contribution < -0.4 is 0 Å². The second-order valence-corrected chi connectivity index (χ2v) is 3.63. The van der Waals surface area contributed by atoms with Crippen LogP contribution in [0, 0.1) is 0 Å². The Morgan fingerprint density at radius 3 is 2.80 bits per heavy atom. The van der Waals surface area contributed by atoms with Crippen LogP contribution in [-0.2, 0) is 0 Å². The number of aromatic nitrogens is 4. The lowest BCUT2D eigenvalue weighted by molar-refractivity contribution is 0.719. The van der Waals surface area contributed by atoms with Gasteiger partial charge in [0, 0.05) is 19.2 Å². The predicted molar refractivity (Wildman–Crippen MR) is 58.4 cm³/mol. The molecule has 0 saturated carbocycles. The number of aliphatic imine (C=N–C) groups is 1. The summed E-state index contributed by atoms with van der Waals surface area (Å²) in [5.74, 6) is 1.18. The lowest BCUT2D eigenvalue weighted by Crippen LogP contribution is -2.03.